The van der Waals surface area contributed by atoms with E-state index in [0.29, 0.717) is 0 Å². The number of rotatable bonds is 3. The van der Waals surface area contributed by atoms with Gasteiger partial charge in [0, 0.05) is 13.6 Å². The first-order valence-electron chi connectivity index (χ1n) is 5.48. The molecular formula is C11H14N2O4. The van der Waals surface area contributed by atoms with E-state index in [1.165, 1.54) is 13.1 Å². The fourth-order valence-corrected chi connectivity index (χ4v) is 2.17. The van der Waals surface area contributed by atoms with Crippen molar-refractivity contribution in [1.82, 2.24) is 10.6 Å². The molecule has 0 aromatic carbocycles. The van der Waals surface area contributed by atoms with Crippen molar-refractivity contribution in [2.75, 3.05) is 13.6 Å². The second-order valence-electron chi connectivity index (χ2n) is 4.44. The lowest BCUT2D eigenvalue weighted by molar-refractivity contribution is -0.147. The van der Waals surface area contributed by atoms with Gasteiger partial charge in [0.05, 0.1) is 0 Å². The molecule has 0 spiro atoms. The Balaban J connectivity index is 2.42. The molecule has 2 amide bonds. The van der Waals surface area contributed by atoms with Gasteiger partial charge in [-0.2, -0.15) is 0 Å². The van der Waals surface area contributed by atoms with Gasteiger partial charge in [0.2, 0.25) is 0 Å². The zero-order chi connectivity index (χ0) is 12.6. The van der Waals surface area contributed by atoms with Gasteiger partial charge in [0.15, 0.2) is 0 Å². The van der Waals surface area contributed by atoms with Gasteiger partial charge in [-0.15, -0.1) is 0 Å². The van der Waals surface area contributed by atoms with Gasteiger partial charge in [-0.1, -0.05) is 0 Å². The Labute approximate surface area is 98.1 Å². The molecule has 92 valence electrons. The number of carbonyl (C=O) groups is 3. The Kier molecular flexibility index (Phi) is 2.65. The molecule has 0 saturated heterocycles. The van der Waals surface area contributed by atoms with Crippen molar-refractivity contribution in [3.63, 3.8) is 0 Å². The summed E-state index contributed by atoms with van der Waals surface area (Å²) in [6.07, 6.45) is 2.96. The molecule has 0 bridgehead atoms. The number of aliphatic carboxylic acids is 1. The summed E-state index contributed by atoms with van der Waals surface area (Å²) in [4.78, 5) is 34.4. The summed E-state index contributed by atoms with van der Waals surface area (Å²) in [5.41, 5.74) is -1.22. The number of carbonyl (C=O) groups excluding carboxylic acids is 2. The molecule has 1 atom stereocenters. The van der Waals surface area contributed by atoms with Crippen molar-refractivity contribution >= 4 is 17.8 Å². The van der Waals surface area contributed by atoms with E-state index in [-0.39, 0.29) is 18.0 Å². The Morgan fingerprint density at radius 3 is 2.65 bits per heavy atom. The highest BCUT2D eigenvalue weighted by molar-refractivity contribution is 6.19. The van der Waals surface area contributed by atoms with E-state index in [1.807, 2.05) is 0 Å². The Hall–Kier alpha value is -1.85. The molecule has 1 heterocycles. The maximum atomic E-state index is 11.5. The number of carboxylic acids is 1. The first-order valence-corrected chi connectivity index (χ1v) is 5.48. The van der Waals surface area contributed by atoms with Crippen LogP contribution in [-0.4, -0.2) is 36.5 Å². The normalized spacial score (nSPS) is 28.1. The van der Waals surface area contributed by atoms with E-state index in [1.54, 1.807) is 0 Å². The molecule has 0 aromatic rings. The fourth-order valence-electron chi connectivity index (χ4n) is 2.17. The predicted octanol–water partition coefficient (Wildman–Crippen LogP) is -0.730. The number of hydrogen-bond donors (Lipinski definition) is 3. The van der Waals surface area contributed by atoms with E-state index >= 15 is 0 Å². The molecular weight excluding hydrogens is 224 g/mol. The minimum atomic E-state index is -1.12. The van der Waals surface area contributed by atoms with Crippen LogP contribution >= 0.6 is 0 Å². The SMILES string of the molecule is CNC(=O)C1=CC(C(=O)O)(C2CC2)CNC1=O. The number of amides is 2. The van der Waals surface area contributed by atoms with Crippen LogP contribution in [0.25, 0.3) is 0 Å². The standard InChI is InChI=1S/C11H14N2O4/c1-12-8(14)7-4-11(10(16)17,6-2-3-6)5-13-9(7)15/h4,6H,2-3,5H2,1H3,(H,12,14)(H,13,15)(H,16,17). The van der Waals surface area contributed by atoms with E-state index in [0.717, 1.165) is 12.8 Å². The molecule has 1 saturated carbocycles. The minimum Gasteiger partial charge on any atom is -0.481 e. The quantitative estimate of drug-likeness (QED) is 0.565. The van der Waals surface area contributed by atoms with Gasteiger partial charge in [-0.3, -0.25) is 14.4 Å². The van der Waals surface area contributed by atoms with E-state index in [4.69, 9.17) is 0 Å². The van der Waals surface area contributed by atoms with Gasteiger partial charge in [0.25, 0.3) is 11.8 Å². The molecule has 0 aromatic heterocycles. The van der Waals surface area contributed by atoms with Crippen LogP contribution < -0.4 is 10.6 Å². The van der Waals surface area contributed by atoms with Crippen molar-refractivity contribution in [3.8, 4) is 0 Å². The zero-order valence-electron chi connectivity index (χ0n) is 9.45. The lowest BCUT2D eigenvalue weighted by Crippen LogP contribution is -2.50. The number of carboxylic acid groups (broad SMARTS) is 1. The Morgan fingerprint density at radius 1 is 1.53 bits per heavy atom. The Bertz CT molecular complexity index is 425. The number of hydrogen-bond acceptors (Lipinski definition) is 3. The van der Waals surface area contributed by atoms with Crippen molar-refractivity contribution in [1.29, 1.82) is 0 Å². The van der Waals surface area contributed by atoms with Crippen LogP contribution in [0.1, 0.15) is 12.8 Å². The fraction of sp³-hybridized carbons (Fsp3) is 0.545. The van der Waals surface area contributed by atoms with Crippen LogP contribution in [0.5, 0.6) is 0 Å². The van der Waals surface area contributed by atoms with Gasteiger partial charge >= 0.3 is 5.97 Å². The summed E-state index contributed by atoms with van der Waals surface area (Å²) >= 11 is 0. The predicted molar refractivity (Wildman–Crippen MR) is 58.0 cm³/mol. The summed E-state index contributed by atoms with van der Waals surface area (Å²) in [6.45, 7) is 0.0618. The van der Waals surface area contributed by atoms with E-state index in [2.05, 4.69) is 10.6 Å². The molecule has 1 aliphatic carbocycles. The highest BCUT2D eigenvalue weighted by atomic mass is 16.4. The van der Waals surface area contributed by atoms with Gasteiger partial charge in [-0.25, -0.2) is 0 Å². The lowest BCUT2D eigenvalue weighted by Gasteiger charge is -2.31. The molecule has 0 radical (unpaired) electrons. The van der Waals surface area contributed by atoms with Crippen molar-refractivity contribution in [2.45, 2.75) is 12.8 Å². The first-order chi connectivity index (χ1) is 8.01. The van der Waals surface area contributed by atoms with Crippen LogP contribution in [0.15, 0.2) is 11.6 Å². The third kappa shape index (κ3) is 1.79. The molecule has 2 aliphatic rings. The van der Waals surface area contributed by atoms with Crippen LogP contribution in [0.2, 0.25) is 0 Å². The Morgan fingerprint density at radius 2 is 2.18 bits per heavy atom. The van der Waals surface area contributed by atoms with E-state index < -0.39 is 23.2 Å². The summed E-state index contributed by atoms with van der Waals surface area (Å²) < 4.78 is 0. The monoisotopic (exact) mass is 238 g/mol. The van der Waals surface area contributed by atoms with Gasteiger partial charge in [0.1, 0.15) is 11.0 Å². The topological polar surface area (TPSA) is 95.5 Å². The molecule has 3 N–H and O–H groups in total. The summed E-state index contributed by atoms with van der Waals surface area (Å²) in [5, 5.41) is 14.2. The minimum absolute atomic E-state index is 0.0141. The molecule has 1 aliphatic heterocycles. The largest absolute Gasteiger partial charge is 0.481 e. The lowest BCUT2D eigenvalue weighted by atomic mass is 9.78. The zero-order valence-corrected chi connectivity index (χ0v) is 9.45. The molecule has 6 heteroatoms. The molecule has 17 heavy (non-hydrogen) atoms. The number of likely N-dealkylation sites (N-methyl/N-ethyl adjacent to an activating group) is 1. The second kappa shape index (κ2) is 3.87. The van der Waals surface area contributed by atoms with Crippen LogP contribution in [0, 0.1) is 11.3 Å². The van der Waals surface area contributed by atoms with Crippen molar-refractivity contribution < 1.29 is 19.5 Å². The van der Waals surface area contributed by atoms with Gasteiger partial charge in [-0.05, 0) is 24.8 Å². The highest BCUT2D eigenvalue weighted by Crippen LogP contribution is 2.48. The van der Waals surface area contributed by atoms with Crippen LogP contribution in [-0.2, 0) is 14.4 Å². The van der Waals surface area contributed by atoms with E-state index in [9.17, 15) is 19.5 Å². The molecule has 1 fully saturated rings. The van der Waals surface area contributed by atoms with Gasteiger partial charge < -0.3 is 15.7 Å². The smallest absolute Gasteiger partial charge is 0.315 e. The molecule has 1 unspecified atom stereocenters. The third-order valence-electron chi connectivity index (χ3n) is 3.36. The average molecular weight is 238 g/mol. The summed E-state index contributed by atoms with van der Waals surface area (Å²) in [6, 6.07) is 0. The van der Waals surface area contributed by atoms with Crippen LogP contribution in [0.4, 0.5) is 0 Å². The highest BCUT2D eigenvalue weighted by Gasteiger charge is 2.52. The molecule has 6 nitrogen and oxygen atoms in total. The molecule has 2 rings (SSSR count). The van der Waals surface area contributed by atoms with Crippen molar-refractivity contribution in [2.24, 2.45) is 11.3 Å². The average Bonchev–Trinajstić information content (AvgIpc) is 3.13. The summed E-state index contributed by atoms with van der Waals surface area (Å²) in [5.74, 6) is -2.03. The first kappa shape index (κ1) is 11.6. The maximum Gasteiger partial charge on any atom is 0.315 e. The second-order valence-corrected chi connectivity index (χ2v) is 4.44. The van der Waals surface area contributed by atoms with Crippen molar-refractivity contribution in [3.05, 3.63) is 11.6 Å². The van der Waals surface area contributed by atoms with Crippen LogP contribution in [0.3, 0.4) is 0 Å². The number of nitrogens with one attached hydrogen (secondary N) is 2. The summed E-state index contributed by atoms with van der Waals surface area (Å²) in [7, 11) is 1.41. The maximum absolute atomic E-state index is 11.5. The third-order valence-corrected chi connectivity index (χ3v) is 3.36.